The van der Waals surface area contributed by atoms with Gasteiger partial charge in [0.1, 0.15) is 54.1 Å². The van der Waals surface area contributed by atoms with Gasteiger partial charge in [-0.2, -0.15) is 0 Å². The van der Waals surface area contributed by atoms with Crippen molar-refractivity contribution in [1.82, 2.24) is 56.4 Å². The third kappa shape index (κ3) is 30.4. The average Bonchev–Trinajstić information content (AvgIpc) is 1.52. The fourth-order valence-corrected chi connectivity index (χ4v) is 12.0. The molecule has 8 atom stereocenters. The van der Waals surface area contributed by atoms with Crippen LogP contribution in [0.5, 0.6) is 5.75 Å². The largest absolute Gasteiger partial charge is 0.508 e. The number of phenols is 1. The molecule has 0 saturated carbocycles. The van der Waals surface area contributed by atoms with Crippen LogP contribution in [-0.4, -0.2) is 278 Å². The van der Waals surface area contributed by atoms with Gasteiger partial charge in [-0.05, 0) is 117 Å². The fraction of sp³-hybridized carbons (Fsp3) is 0.597. The summed E-state index contributed by atoms with van der Waals surface area (Å²) in [6.45, 7) is 4.63. The number of aliphatic carboxylic acids is 5. The van der Waals surface area contributed by atoms with Crippen LogP contribution >= 0.6 is 0 Å². The Morgan fingerprint density at radius 3 is 1.40 bits per heavy atom. The first-order valence-corrected chi connectivity index (χ1v) is 34.4. The van der Waals surface area contributed by atoms with Gasteiger partial charge in [0.15, 0.2) is 11.9 Å². The number of carbonyl (C=O) groups is 13. The molecule has 37 nitrogen and oxygen atoms in total. The number of guanidine groups is 2. The quantitative estimate of drug-likeness (QED) is 0.0174. The van der Waals surface area contributed by atoms with Crippen LogP contribution in [0, 0.1) is 11.3 Å². The highest BCUT2D eigenvalue weighted by molar-refractivity contribution is 5.99. The number of phenolic OH excluding ortho intramolecular Hbond substituents is 1. The van der Waals surface area contributed by atoms with E-state index in [1.165, 1.54) is 43.9 Å². The number of aromatic hydroxyl groups is 1. The van der Waals surface area contributed by atoms with Crippen molar-refractivity contribution in [1.29, 1.82) is 0 Å². The summed E-state index contributed by atoms with van der Waals surface area (Å²) in [5.74, 6) is -13.8. The maximum Gasteiger partial charge on any atom is 0.326 e. The van der Waals surface area contributed by atoms with Gasteiger partial charge < -0.3 is 101 Å². The van der Waals surface area contributed by atoms with Crippen LogP contribution in [0.1, 0.15) is 110 Å². The van der Waals surface area contributed by atoms with Crippen LogP contribution in [0.2, 0.25) is 0 Å². The van der Waals surface area contributed by atoms with E-state index >= 15 is 9.59 Å². The Hall–Kier alpha value is -10.3. The standard InChI is InChI=1S/C67H104N18O19/c1-39(2)31-48(64(103)104)79-61(100)56(67(3,4)5)80-58(97)47(33-41-17-21-43(86)22-18-41)78-60(99)50-14-10-26-85(50)63(102)45(12-8-24-73-65(69)70)76-57(96)46(32-40-15-19-42(20-16-40)74-66(71)72)77-59(98)49-13-9-25-84(49)62(101)44(11-6-7-23-68)75-51(87)34-82(36-53(90)91)29-27-81(35-52(88)89)28-30-83(37-54(92)93)38-55(94)95/h15-22,39,44-50,56,86H,6-14,23-38,68H2,1-5H3,(H,75,87)(H,76,96)(H,77,98)(H,78,99)(H,79,100)(H,80,97)(H,88,89)(H,90,91)(H,92,93)(H,94,95)(H,103,104)(H4,69,70,73)(H4,71,72,74)/t44-,45+,46+,47+,48+,49+,50+,56-/m1/s1. The first kappa shape index (κ1) is 86.1. The molecule has 0 unspecified atom stereocenters. The monoisotopic (exact) mass is 1460 g/mol. The van der Waals surface area contributed by atoms with Gasteiger partial charge in [0.05, 0.1) is 38.4 Å². The van der Waals surface area contributed by atoms with Crippen LogP contribution in [-0.2, 0) is 75.2 Å². The maximum atomic E-state index is 15.2. The van der Waals surface area contributed by atoms with E-state index in [0.717, 1.165) is 4.90 Å². The molecule has 8 amide bonds. The molecule has 0 radical (unpaired) electrons. The van der Waals surface area contributed by atoms with Crippen LogP contribution in [0.4, 0.5) is 5.69 Å². The molecule has 37 heteroatoms. The molecule has 4 rings (SSSR count). The summed E-state index contributed by atoms with van der Waals surface area (Å²) in [5, 5.41) is 74.4. The fourth-order valence-electron chi connectivity index (χ4n) is 12.0. The van der Waals surface area contributed by atoms with Crippen molar-refractivity contribution in [3.63, 3.8) is 0 Å². The number of hydrogen-bond donors (Lipinski definition) is 17. The molecule has 2 heterocycles. The summed E-state index contributed by atoms with van der Waals surface area (Å²) in [4.78, 5) is 190. The number of carboxylic acids is 5. The second-order valence-corrected chi connectivity index (χ2v) is 27.3. The zero-order valence-electron chi connectivity index (χ0n) is 59.5. The molecule has 0 aliphatic carbocycles. The lowest BCUT2D eigenvalue weighted by Gasteiger charge is -2.34. The van der Waals surface area contributed by atoms with Crippen molar-refractivity contribution in [3.05, 3.63) is 59.7 Å². The van der Waals surface area contributed by atoms with Gasteiger partial charge in [0, 0.05) is 58.7 Å². The van der Waals surface area contributed by atoms with E-state index < -0.39 is 164 Å². The Morgan fingerprint density at radius 2 is 0.962 bits per heavy atom. The normalized spacial score (nSPS) is 16.1. The molecular weight excluding hydrogens is 1360 g/mol. The molecule has 2 aromatic carbocycles. The lowest BCUT2D eigenvalue weighted by atomic mass is 9.85. The van der Waals surface area contributed by atoms with E-state index in [4.69, 9.17) is 28.7 Å². The highest BCUT2D eigenvalue weighted by Crippen LogP contribution is 2.25. The number of likely N-dealkylation sites (tertiary alicyclic amines) is 2. The average molecular weight is 1470 g/mol. The Bertz CT molecular complexity index is 3330. The van der Waals surface area contributed by atoms with E-state index in [1.54, 1.807) is 58.9 Å². The number of nitrogens with zero attached hydrogens (tertiary/aromatic N) is 7. The van der Waals surface area contributed by atoms with E-state index in [9.17, 15) is 83.4 Å². The number of unbranched alkanes of at least 4 members (excludes halogenated alkanes) is 1. The van der Waals surface area contributed by atoms with Gasteiger partial charge >= 0.3 is 29.8 Å². The van der Waals surface area contributed by atoms with Crippen molar-refractivity contribution in [2.75, 3.05) is 85.1 Å². The maximum absolute atomic E-state index is 15.2. The van der Waals surface area contributed by atoms with Gasteiger partial charge in [-0.1, -0.05) is 58.9 Å². The van der Waals surface area contributed by atoms with Crippen LogP contribution in [0.15, 0.2) is 58.5 Å². The molecule has 2 saturated heterocycles. The summed E-state index contributed by atoms with van der Waals surface area (Å²) in [5.41, 5.74) is 28.6. The molecule has 2 fully saturated rings. The van der Waals surface area contributed by atoms with Gasteiger partial charge in [0.2, 0.25) is 47.3 Å². The number of rotatable bonds is 45. The van der Waals surface area contributed by atoms with Gasteiger partial charge in [-0.15, -0.1) is 0 Å². The molecule has 0 aromatic heterocycles. The second-order valence-electron chi connectivity index (χ2n) is 27.3. The first-order chi connectivity index (χ1) is 48.9. The van der Waals surface area contributed by atoms with Gasteiger partial charge in [0.25, 0.3) is 0 Å². The number of nitrogens with one attached hydrogen (secondary N) is 6. The Balaban J connectivity index is 1.66. The van der Waals surface area contributed by atoms with Crippen molar-refractivity contribution in [2.45, 2.75) is 160 Å². The molecule has 0 bridgehead atoms. The topological polar surface area (TPSA) is 586 Å². The predicted octanol–water partition coefficient (Wildman–Crippen LogP) is -3.42. The van der Waals surface area contributed by atoms with E-state index in [1.807, 2.05) is 0 Å². The number of benzene rings is 2. The van der Waals surface area contributed by atoms with Crippen LogP contribution in [0.25, 0.3) is 0 Å². The molecular formula is C67H104N18O19. The van der Waals surface area contributed by atoms with Crippen molar-refractivity contribution >= 4 is 94.7 Å². The minimum atomic E-state index is -1.51. The third-order valence-electron chi connectivity index (χ3n) is 17.1. The molecule has 2 aliphatic heterocycles. The molecule has 2 aromatic rings. The van der Waals surface area contributed by atoms with Crippen molar-refractivity contribution < 1.29 is 93.0 Å². The molecule has 104 heavy (non-hydrogen) atoms. The third-order valence-corrected chi connectivity index (χ3v) is 17.1. The van der Waals surface area contributed by atoms with Gasteiger partial charge in [-0.25, -0.2) is 9.79 Å². The number of hydrogen-bond acceptors (Lipinski definition) is 20. The molecule has 576 valence electrons. The Morgan fingerprint density at radius 1 is 0.529 bits per heavy atom. The lowest BCUT2D eigenvalue weighted by Crippen LogP contribution is -2.61. The predicted molar refractivity (Wildman–Crippen MR) is 378 cm³/mol. The summed E-state index contributed by atoms with van der Waals surface area (Å²) < 4.78 is 0. The Labute approximate surface area is 602 Å². The number of aliphatic imine (C=N–C) groups is 2. The van der Waals surface area contributed by atoms with E-state index in [-0.39, 0.29) is 140 Å². The molecule has 22 N–H and O–H groups in total. The number of amides is 8. The smallest absolute Gasteiger partial charge is 0.326 e. The zero-order chi connectivity index (χ0) is 77.5. The van der Waals surface area contributed by atoms with E-state index in [2.05, 4.69) is 41.9 Å². The minimum Gasteiger partial charge on any atom is -0.508 e. The number of carboxylic acid groups (broad SMARTS) is 5. The van der Waals surface area contributed by atoms with E-state index in [0.29, 0.717) is 29.7 Å². The van der Waals surface area contributed by atoms with Crippen molar-refractivity contribution in [2.24, 2.45) is 50.0 Å². The summed E-state index contributed by atoms with van der Waals surface area (Å²) in [7, 11) is 0. The SMILES string of the molecule is CC(C)C[C@H](NC(=O)[C@@H](NC(=O)[C@H](Cc1ccc(O)cc1)NC(=O)[C@@H]1CCCN1C(=O)[C@H](CCCN=C(N)N)NC(=O)[C@H](Cc1ccc(N=C(N)N)cc1)NC(=O)[C@@H]1CCCN1C(=O)[C@@H](CCCCN)NC(=O)CN(CCN(CCN(CC(=O)O)CC(=O)O)CC(=O)O)CC(=O)O)C(C)(C)C)C(=O)O. The summed E-state index contributed by atoms with van der Waals surface area (Å²) >= 11 is 0. The second kappa shape index (κ2) is 42.4. The number of nitrogens with two attached hydrogens (primary N) is 5. The Kier molecular flexibility index (Phi) is 35.1. The lowest BCUT2D eigenvalue weighted by molar-refractivity contribution is -0.144. The molecule has 0 spiro atoms. The van der Waals surface area contributed by atoms with Gasteiger partial charge in [-0.3, -0.25) is 77.2 Å². The number of carbonyl (C=O) groups excluding carboxylic acids is 8. The summed E-state index contributed by atoms with van der Waals surface area (Å²) in [6, 6.07) is 1.22. The zero-order valence-corrected chi connectivity index (χ0v) is 59.5. The molecule has 2 aliphatic rings. The summed E-state index contributed by atoms with van der Waals surface area (Å²) in [6.07, 6.45) is 1.04. The minimum absolute atomic E-state index is 0.00444. The first-order valence-electron chi connectivity index (χ1n) is 34.4. The highest BCUT2D eigenvalue weighted by atomic mass is 16.4. The van der Waals surface area contributed by atoms with Crippen LogP contribution < -0.4 is 60.6 Å². The van der Waals surface area contributed by atoms with Crippen LogP contribution in [0.3, 0.4) is 0 Å². The highest BCUT2D eigenvalue weighted by Gasteiger charge is 2.43. The van der Waals surface area contributed by atoms with Crippen molar-refractivity contribution in [3.8, 4) is 5.75 Å².